The highest BCUT2D eigenvalue weighted by atomic mass is 32.2. The number of hydrogen-bond donors (Lipinski definition) is 2. The Morgan fingerprint density at radius 1 is 1.20 bits per heavy atom. The number of hydrogen-bond acceptors (Lipinski definition) is 4. The third-order valence-corrected chi connectivity index (χ3v) is 5.69. The molecule has 0 saturated heterocycles. The van der Waals surface area contributed by atoms with E-state index in [2.05, 4.69) is 4.72 Å². The molecule has 0 fully saturated rings. The Morgan fingerprint density at radius 3 is 2.35 bits per heavy atom. The first kappa shape index (κ1) is 15.2. The Bertz CT molecular complexity index is 653. The van der Waals surface area contributed by atoms with Crippen LogP contribution in [0, 0.1) is 0 Å². The molecule has 0 aliphatic carbocycles. The molecule has 108 valence electrons. The van der Waals surface area contributed by atoms with Crippen LogP contribution in [0.25, 0.3) is 0 Å². The number of nitrogens with one attached hydrogen (secondary N) is 1. The van der Waals surface area contributed by atoms with Gasteiger partial charge >= 0.3 is 0 Å². The van der Waals surface area contributed by atoms with Crippen molar-refractivity contribution >= 4 is 21.4 Å². The van der Waals surface area contributed by atoms with Gasteiger partial charge in [-0.25, -0.2) is 13.1 Å². The molecule has 2 rings (SSSR count). The molecule has 0 saturated carbocycles. The van der Waals surface area contributed by atoms with Gasteiger partial charge < -0.3 is 5.11 Å². The summed E-state index contributed by atoms with van der Waals surface area (Å²) in [6, 6.07) is 10.5. The number of aliphatic hydroxyl groups is 1. The van der Waals surface area contributed by atoms with Gasteiger partial charge in [0.25, 0.3) is 0 Å². The van der Waals surface area contributed by atoms with Crippen LogP contribution in [0.3, 0.4) is 0 Å². The van der Waals surface area contributed by atoms with Gasteiger partial charge in [0.15, 0.2) is 0 Å². The maximum atomic E-state index is 12.0. The molecular formula is C14H17NO3S2. The summed E-state index contributed by atoms with van der Waals surface area (Å²) in [4.78, 5) is 0. The fraction of sp³-hybridized carbons (Fsp3) is 0.286. The van der Waals surface area contributed by atoms with Crippen molar-refractivity contribution in [3.63, 3.8) is 0 Å². The molecule has 0 bridgehead atoms. The highest BCUT2D eigenvalue weighted by Crippen LogP contribution is 2.20. The fourth-order valence-corrected chi connectivity index (χ4v) is 3.75. The van der Waals surface area contributed by atoms with Crippen molar-refractivity contribution in [3.8, 4) is 0 Å². The number of rotatable bonds is 5. The van der Waals surface area contributed by atoms with Crippen LogP contribution in [0.2, 0.25) is 0 Å². The van der Waals surface area contributed by atoms with Gasteiger partial charge in [0.05, 0.1) is 5.60 Å². The van der Waals surface area contributed by atoms with Crippen LogP contribution in [0.15, 0.2) is 46.0 Å². The Hall–Kier alpha value is -1.21. The minimum atomic E-state index is -3.43. The van der Waals surface area contributed by atoms with E-state index in [1.165, 1.54) is 11.3 Å². The summed E-state index contributed by atoms with van der Waals surface area (Å²) in [5.41, 5.74) is 0.746. The molecule has 4 nitrogen and oxygen atoms in total. The summed E-state index contributed by atoms with van der Waals surface area (Å²) in [5.74, 6) is 0. The molecule has 0 unspecified atom stereocenters. The molecule has 20 heavy (non-hydrogen) atoms. The normalized spacial score (nSPS) is 12.6. The predicted molar refractivity (Wildman–Crippen MR) is 80.0 cm³/mol. The molecule has 2 N–H and O–H groups in total. The highest BCUT2D eigenvalue weighted by molar-refractivity contribution is 7.91. The molecular weight excluding hydrogens is 294 g/mol. The topological polar surface area (TPSA) is 66.4 Å². The van der Waals surface area contributed by atoms with Gasteiger partial charge in [-0.15, -0.1) is 11.3 Å². The minimum Gasteiger partial charge on any atom is -0.386 e. The van der Waals surface area contributed by atoms with Crippen molar-refractivity contribution in [2.45, 2.75) is 30.2 Å². The average molecular weight is 311 g/mol. The van der Waals surface area contributed by atoms with Gasteiger partial charge in [-0.3, -0.25) is 0 Å². The van der Waals surface area contributed by atoms with Crippen LogP contribution in [-0.2, 0) is 22.2 Å². The lowest BCUT2D eigenvalue weighted by Gasteiger charge is -2.17. The Balaban J connectivity index is 2.05. The molecule has 0 atom stereocenters. The Labute approximate surface area is 123 Å². The van der Waals surface area contributed by atoms with Gasteiger partial charge in [-0.05, 0) is 36.4 Å². The van der Waals surface area contributed by atoms with E-state index >= 15 is 0 Å². The smallest absolute Gasteiger partial charge is 0.250 e. The Kier molecular flexibility index (Phi) is 4.29. The van der Waals surface area contributed by atoms with E-state index in [-0.39, 0.29) is 6.54 Å². The summed E-state index contributed by atoms with van der Waals surface area (Å²) in [6.45, 7) is 3.65. The fourth-order valence-electron chi connectivity index (χ4n) is 1.70. The van der Waals surface area contributed by atoms with E-state index in [0.29, 0.717) is 4.21 Å². The summed E-state index contributed by atoms with van der Waals surface area (Å²) < 4.78 is 26.8. The van der Waals surface area contributed by atoms with Gasteiger partial charge in [-0.2, -0.15) is 0 Å². The maximum Gasteiger partial charge on any atom is 0.250 e. The summed E-state index contributed by atoms with van der Waals surface area (Å²) >= 11 is 1.19. The molecule has 0 aliphatic rings. The number of sulfonamides is 1. The standard InChI is InChI=1S/C14H17NO3S2/c1-14(2,16)12-7-5-11(6-8-12)10-15-20(17,18)13-4-3-9-19-13/h3-9,15-16H,10H2,1-2H3. The lowest BCUT2D eigenvalue weighted by Crippen LogP contribution is -2.22. The molecule has 1 aromatic heterocycles. The van der Waals surface area contributed by atoms with Crippen LogP contribution in [0.1, 0.15) is 25.0 Å². The molecule has 2 aromatic rings. The zero-order valence-electron chi connectivity index (χ0n) is 11.3. The van der Waals surface area contributed by atoms with Crippen LogP contribution in [-0.4, -0.2) is 13.5 Å². The van der Waals surface area contributed by atoms with Crippen molar-refractivity contribution in [1.82, 2.24) is 4.72 Å². The third-order valence-electron chi connectivity index (χ3n) is 2.89. The van der Waals surface area contributed by atoms with Gasteiger partial charge in [-0.1, -0.05) is 30.3 Å². The van der Waals surface area contributed by atoms with Gasteiger partial charge in [0, 0.05) is 6.54 Å². The van der Waals surface area contributed by atoms with E-state index in [9.17, 15) is 13.5 Å². The van der Waals surface area contributed by atoms with E-state index in [0.717, 1.165) is 11.1 Å². The molecule has 0 amide bonds. The average Bonchev–Trinajstić information content (AvgIpc) is 2.90. The van der Waals surface area contributed by atoms with Crippen molar-refractivity contribution in [3.05, 3.63) is 52.9 Å². The molecule has 1 heterocycles. The molecule has 0 aliphatic heterocycles. The summed E-state index contributed by atoms with van der Waals surface area (Å²) in [7, 11) is -3.43. The number of benzene rings is 1. The molecule has 0 radical (unpaired) electrons. The molecule has 6 heteroatoms. The van der Waals surface area contributed by atoms with E-state index in [1.807, 2.05) is 12.1 Å². The SMILES string of the molecule is CC(C)(O)c1ccc(CNS(=O)(=O)c2cccs2)cc1. The first-order valence-electron chi connectivity index (χ1n) is 6.14. The lowest BCUT2D eigenvalue weighted by atomic mass is 9.97. The first-order chi connectivity index (χ1) is 9.29. The van der Waals surface area contributed by atoms with E-state index < -0.39 is 15.6 Å². The summed E-state index contributed by atoms with van der Waals surface area (Å²) in [5, 5.41) is 11.6. The quantitative estimate of drug-likeness (QED) is 0.891. The molecule has 0 spiro atoms. The second kappa shape index (κ2) is 5.65. The first-order valence-corrected chi connectivity index (χ1v) is 8.50. The predicted octanol–water partition coefficient (Wildman–Crippen LogP) is 2.45. The highest BCUT2D eigenvalue weighted by Gasteiger charge is 2.16. The largest absolute Gasteiger partial charge is 0.386 e. The monoisotopic (exact) mass is 311 g/mol. The lowest BCUT2D eigenvalue weighted by molar-refractivity contribution is 0.0786. The van der Waals surface area contributed by atoms with Gasteiger partial charge in [0.2, 0.25) is 10.0 Å². The summed E-state index contributed by atoms with van der Waals surface area (Å²) in [6.07, 6.45) is 0. The van der Waals surface area contributed by atoms with Crippen LogP contribution in [0.5, 0.6) is 0 Å². The molecule has 1 aromatic carbocycles. The van der Waals surface area contributed by atoms with Crippen molar-refractivity contribution in [1.29, 1.82) is 0 Å². The zero-order valence-corrected chi connectivity index (χ0v) is 13.0. The second-order valence-electron chi connectivity index (χ2n) is 5.01. The maximum absolute atomic E-state index is 12.0. The minimum absolute atomic E-state index is 0.229. The Morgan fingerprint density at radius 2 is 1.85 bits per heavy atom. The van der Waals surface area contributed by atoms with Crippen LogP contribution >= 0.6 is 11.3 Å². The van der Waals surface area contributed by atoms with Gasteiger partial charge in [0.1, 0.15) is 4.21 Å². The van der Waals surface area contributed by atoms with Crippen molar-refractivity contribution in [2.24, 2.45) is 0 Å². The van der Waals surface area contributed by atoms with Crippen LogP contribution in [0.4, 0.5) is 0 Å². The van der Waals surface area contributed by atoms with E-state index in [1.54, 1.807) is 43.5 Å². The zero-order chi connectivity index (χ0) is 14.8. The van der Waals surface area contributed by atoms with Crippen molar-refractivity contribution < 1.29 is 13.5 Å². The third kappa shape index (κ3) is 3.67. The van der Waals surface area contributed by atoms with E-state index in [4.69, 9.17) is 0 Å². The second-order valence-corrected chi connectivity index (χ2v) is 7.95. The number of thiophene rings is 1. The van der Waals surface area contributed by atoms with Crippen LogP contribution < -0.4 is 4.72 Å². The van der Waals surface area contributed by atoms with Crippen molar-refractivity contribution in [2.75, 3.05) is 0 Å².